The molecule has 2 aromatic heterocycles. The van der Waals surface area contributed by atoms with Gasteiger partial charge in [0, 0.05) is 35.8 Å². The number of pyridine rings is 1. The minimum atomic E-state index is -4.88. The van der Waals surface area contributed by atoms with E-state index in [1.807, 2.05) is 4.90 Å². The summed E-state index contributed by atoms with van der Waals surface area (Å²) in [5, 5.41) is 4.16. The van der Waals surface area contributed by atoms with Gasteiger partial charge in [0.05, 0.1) is 30.9 Å². The number of rotatable bonds is 8. The van der Waals surface area contributed by atoms with E-state index in [0.29, 0.717) is 30.2 Å². The molecule has 46 heavy (non-hydrogen) atoms. The minimum absolute atomic E-state index is 0.0560. The number of carbonyl (C=O) groups is 1. The van der Waals surface area contributed by atoms with Crippen molar-refractivity contribution in [3.05, 3.63) is 59.0 Å². The molecule has 5 unspecified atom stereocenters. The van der Waals surface area contributed by atoms with Gasteiger partial charge in [-0.15, -0.1) is 13.2 Å². The van der Waals surface area contributed by atoms with Gasteiger partial charge in [-0.2, -0.15) is 13.2 Å². The maximum Gasteiger partial charge on any atom is 0.573 e. The van der Waals surface area contributed by atoms with E-state index in [-0.39, 0.29) is 59.3 Å². The Morgan fingerprint density at radius 2 is 1.87 bits per heavy atom. The van der Waals surface area contributed by atoms with Crippen LogP contribution in [-0.4, -0.2) is 48.3 Å². The van der Waals surface area contributed by atoms with E-state index in [2.05, 4.69) is 19.6 Å². The standard InChI is InChI=1S/C32H31F6N3O5/c1-43-30(42)21-14-39-25(13-23(21)31(33,34)35)41-10-4-5-17-11-18(41)12-20-26(17)29(20)44-15-22-27(40-46-28(22)16-8-9-16)19-6-2-3-7-24(19)45-32(36,37)38/h2-3,6-7,13-14,16-18,20,26,29H,4-5,8-12,15H2,1H3. The van der Waals surface area contributed by atoms with Crippen LogP contribution in [0.2, 0.25) is 0 Å². The molecule has 1 aliphatic heterocycles. The third-order valence-electron chi connectivity index (χ3n) is 9.68. The van der Waals surface area contributed by atoms with Crippen molar-refractivity contribution in [3.63, 3.8) is 0 Å². The third kappa shape index (κ3) is 5.91. The zero-order chi connectivity index (χ0) is 32.4. The molecule has 3 saturated carbocycles. The number of halogens is 6. The number of alkyl halides is 6. The van der Waals surface area contributed by atoms with Crippen molar-refractivity contribution < 1.29 is 49.9 Å². The van der Waals surface area contributed by atoms with Crippen molar-refractivity contribution >= 4 is 11.8 Å². The van der Waals surface area contributed by atoms with Gasteiger partial charge < -0.3 is 23.6 Å². The highest BCUT2D eigenvalue weighted by atomic mass is 19.4. The van der Waals surface area contributed by atoms with E-state index in [9.17, 15) is 31.1 Å². The Balaban J connectivity index is 1.10. The molecule has 0 radical (unpaired) electrons. The number of benzene rings is 1. The van der Waals surface area contributed by atoms with Crippen LogP contribution in [-0.2, 0) is 22.3 Å². The Kier molecular flexibility index (Phi) is 7.68. The molecule has 1 aromatic carbocycles. The summed E-state index contributed by atoms with van der Waals surface area (Å²) in [6.45, 7) is 0.650. The van der Waals surface area contributed by atoms with Crippen molar-refractivity contribution in [2.45, 2.75) is 75.7 Å². The second-order valence-electron chi connectivity index (χ2n) is 12.5. The molecule has 8 nitrogen and oxygen atoms in total. The molecule has 4 fully saturated rings. The van der Waals surface area contributed by atoms with Gasteiger partial charge in [-0.25, -0.2) is 9.78 Å². The van der Waals surface area contributed by atoms with Crippen molar-refractivity contribution in [1.29, 1.82) is 0 Å². The third-order valence-corrected chi connectivity index (χ3v) is 9.68. The Labute approximate surface area is 260 Å². The van der Waals surface area contributed by atoms with Gasteiger partial charge in [-0.05, 0) is 74.5 Å². The first kappa shape index (κ1) is 30.8. The number of nitrogens with zero attached hydrogens (tertiary/aromatic N) is 3. The number of hydrogen-bond acceptors (Lipinski definition) is 8. The molecule has 0 amide bonds. The lowest BCUT2D eigenvalue weighted by Crippen LogP contribution is -2.38. The first-order chi connectivity index (χ1) is 21.9. The Bertz CT molecular complexity index is 1620. The average Bonchev–Trinajstić information content (AvgIpc) is 3.94. The second-order valence-corrected chi connectivity index (χ2v) is 12.5. The molecule has 5 atom stereocenters. The molecule has 7 rings (SSSR count). The van der Waals surface area contributed by atoms with E-state index in [0.717, 1.165) is 51.5 Å². The summed E-state index contributed by atoms with van der Waals surface area (Å²) < 4.78 is 102. The van der Waals surface area contributed by atoms with Crippen LogP contribution in [0.1, 0.15) is 71.7 Å². The van der Waals surface area contributed by atoms with Gasteiger partial charge in [-0.3, -0.25) is 0 Å². The number of aromatic nitrogens is 2. The Hall–Kier alpha value is -3.81. The maximum atomic E-state index is 13.9. The lowest BCUT2D eigenvalue weighted by Gasteiger charge is -2.35. The average molecular weight is 652 g/mol. The normalized spacial score (nSPS) is 25.9. The summed E-state index contributed by atoms with van der Waals surface area (Å²) >= 11 is 0. The van der Waals surface area contributed by atoms with Crippen LogP contribution in [0.15, 0.2) is 41.1 Å². The number of fused-ring (bicyclic) bond motifs is 4. The summed E-state index contributed by atoms with van der Waals surface area (Å²) in [6.07, 6.45) is -3.91. The molecule has 14 heteroatoms. The van der Waals surface area contributed by atoms with Gasteiger partial charge in [0.2, 0.25) is 0 Å². The van der Waals surface area contributed by atoms with Gasteiger partial charge in [0.15, 0.2) is 0 Å². The summed E-state index contributed by atoms with van der Waals surface area (Å²) in [5.41, 5.74) is -0.675. The molecule has 4 aliphatic rings. The number of anilines is 1. The molecule has 3 aromatic rings. The van der Waals surface area contributed by atoms with Crippen LogP contribution < -0.4 is 9.64 Å². The van der Waals surface area contributed by atoms with Crippen LogP contribution in [0.4, 0.5) is 32.2 Å². The van der Waals surface area contributed by atoms with Gasteiger partial charge >= 0.3 is 18.5 Å². The molecule has 0 N–H and O–H groups in total. The fourth-order valence-electron chi connectivity index (χ4n) is 7.50. The van der Waals surface area contributed by atoms with Crippen molar-refractivity contribution in [2.24, 2.45) is 17.8 Å². The van der Waals surface area contributed by atoms with Crippen LogP contribution in [0.25, 0.3) is 11.3 Å². The molecular weight excluding hydrogens is 620 g/mol. The summed E-state index contributed by atoms with van der Waals surface area (Å²) in [7, 11) is 1.02. The number of methoxy groups -OCH3 is 1. The number of ether oxygens (including phenoxy) is 3. The van der Waals surface area contributed by atoms with Gasteiger partial charge in [0.1, 0.15) is 23.0 Å². The lowest BCUT2D eigenvalue weighted by molar-refractivity contribution is -0.274. The smallest absolute Gasteiger partial charge is 0.465 e. The predicted octanol–water partition coefficient (Wildman–Crippen LogP) is 7.53. The first-order valence-electron chi connectivity index (χ1n) is 15.3. The lowest BCUT2D eigenvalue weighted by atomic mass is 9.84. The number of carbonyl (C=O) groups excluding carboxylic acids is 1. The second kappa shape index (κ2) is 11.5. The number of para-hydroxylation sites is 1. The summed E-state index contributed by atoms with van der Waals surface area (Å²) in [6, 6.07) is 6.68. The van der Waals surface area contributed by atoms with E-state index < -0.39 is 29.6 Å². The molecule has 1 saturated heterocycles. The minimum Gasteiger partial charge on any atom is -0.465 e. The highest BCUT2D eigenvalue weighted by Crippen LogP contribution is 2.58. The van der Waals surface area contributed by atoms with Gasteiger partial charge in [0.25, 0.3) is 0 Å². The maximum absolute atomic E-state index is 13.9. The van der Waals surface area contributed by atoms with Crippen LogP contribution in [0.3, 0.4) is 0 Å². The molecule has 3 aliphatic carbocycles. The fourth-order valence-corrected chi connectivity index (χ4v) is 7.50. The molecule has 246 valence electrons. The molecule has 3 heterocycles. The zero-order valence-electron chi connectivity index (χ0n) is 24.7. The topological polar surface area (TPSA) is 86.9 Å². The highest BCUT2D eigenvalue weighted by Gasteiger charge is 2.59. The Morgan fingerprint density at radius 3 is 2.59 bits per heavy atom. The zero-order valence-corrected chi connectivity index (χ0v) is 24.7. The van der Waals surface area contributed by atoms with Crippen LogP contribution in [0.5, 0.6) is 5.75 Å². The number of esters is 1. The molecule has 0 spiro atoms. The van der Waals surface area contributed by atoms with Crippen LogP contribution >= 0.6 is 0 Å². The van der Waals surface area contributed by atoms with E-state index in [1.165, 1.54) is 18.2 Å². The fraction of sp³-hybridized carbons (Fsp3) is 0.531. The first-order valence-corrected chi connectivity index (χ1v) is 15.3. The highest BCUT2D eigenvalue weighted by molar-refractivity contribution is 5.91. The van der Waals surface area contributed by atoms with Crippen molar-refractivity contribution in [3.8, 4) is 17.0 Å². The monoisotopic (exact) mass is 651 g/mol. The van der Waals surface area contributed by atoms with Crippen molar-refractivity contribution in [1.82, 2.24) is 10.1 Å². The molecule has 2 bridgehead atoms. The SMILES string of the molecule is COC(=O)c1cnc(N2CCCC3CC2CC2C(OCc4c(-c5ccccc5OC(F)(F)F)noc4C4CC4)C32)cc1C(F)(F)F. The Morgan fingerprint density at radius 1 is 1.09 bits per heavy atom. The van der Waals surface area contributed by atoms with E-state index in [4.69, 9.17) is 9.26 Å². The predicted molar refractivity (Wildman–Crippen MR) is 150 cm³/mol. The summed E-state index contributed by atoms with van der Waals surface area (Å²) in [5.74, 6) is 0.208. The van der Waals surface area contributed by atoms with Crippen molar-refractivity contribution in [2.75, 3.05) is 18.6 Å². The van der Waals surface area contributed by atoms with E-state index >= 15 is 0 Å². The van der Waals surface area contributed by atoms with E-state index in [1.54, 1.807) is 6.07 Å². The molecular formula is C32H31F6N3O5. The quantitative estimate of drug-likeness (QED) is 0.183. The van der Waals surface area contributed by atoms with Crippen LogP contribution in [0, 0.1) is 17.8 Å². The summed E-state index contributed by atoms with van der Waals surface area (Å²) in [4.78, 5) is 18.2. The largest absolute Gasteiger partial charge is 0.573 e. The van der Waals surface area contributed by atoms with Gasteiger partial charge in [-0.1, -0.05) is 17.3 Å². The number of hydrogen-bond donors (Lipinski definition) is 0.